The maximum absolute atomic E-state index is 12.6. The Morgan fingerprint density at radius 3 is 1.84 bits per heavy atom. The van der Waals surface area contributed by atoms with Crippen molar-refractivity contribution in [1.29, 1.82) is 0 Å². The van der Waals surface area contributed by atoms with Crippen molar-refractivity contribution in [3.63, 3.8) is 0 Å². The highest BCUT2D eigenvalue weighted by atomic mass is 16.6. The van der Waals surface area contributed by atoms with Gasteiger partial charge in [-0.2, -0.15) is 0 Å². The van der Waals surface area contributed by atoms with Crippen LogP contribution in [-0.2, 0) is 19.1 Å². The molecule has 0 fully saturated rings. The molecule has 0 aliphatic heterocycles. The minimum atomic E-state index is -0.696. The zero-order valence-corrected chi connectivity index (χ0v) is 19.3. The lowest BCUT2D eigenvalue weighted by atomic mass is 10.1. The second-order valence-electron chi connectivity index (χ2n) is 7.59. The van der Waals surface area contributed by atoms with Crippen molar-refractivity contribution < 1.29 is 28.9 Å². The van der Waals surface area contributed by atoms with Crippen molar-refractivity contribution >= 4 is 18.0 Å². The Morgan fingerprint density at radius 2 is 1.35 bits per heavy atom. The lowest BCUT2D eigenvalue weighted by molar-refractivity contribution is -0.147. The average Bonchev–Trinajstić information content (AvgIpc) is 2.77. The van der Waals surface area contributed by atoms with E-state index in [1.165, 1.54) is 19.3 Å². The van der Waals surface area contributed by atoms with Crippen LogP contribution in [0.3, 0.4) is 0 Å². The predicted octanol–water partition coefficient (Wildman–Crippen LogP) is 5.81. The fourth-order valence-electron chi connectivity index (χ4n) is 3.05. The zero-order chi connectivity index (χ0) is 22.9. The van der Waals surface area contributed by atoms with E-state index in [-0.39, 0.29) is 30.3 Å². The van der Waals surface area contributed by atoms with Crippen molar-refractivity contribution in [1.82, 2.24) is 0 Å². The van der Waals surface area contributed by atoms with Crippen LogP contribution in [-0.4, -0.2) is 37.4 Å². The van der Waals surface area contributed by atoms with Gasteiger partial charge >= 0.3 is 11.9 Å². The fourth-order valence-corrected chi connectivity index (χ4v) is 3.05. The number of ether oxygens (including phenoxy) is 3. The molecule has 174 valence electrons. The molecule has 0 aliphatic rings. The van der Waals surface area contributed by atoms with E-state index in [9.17, 15) is 14.7 Å². The molecule has 0 bridgehead atoms. The first-order valence-electron chi connectivity index (χ1n) is 11.5. The summed E-state index contributed by atoms with van der Waals surface area (Å²) in [5.74, 6) is -1.16. The monoisotopic (exact) mass is 434 g/mol. The molecule has 0 saturated heterocycles. The molecule has 0 aliphatic carbocycles. The van der Waals surface area contributed by atoms with Gasteiger partial charge in [-0.25, -0.2) is 9.59 Å². The second kappa shape index (κ2) is 16.2. The number of carbonyl (C=O) groups excluding carboxylic acids is 2. The Morgan fingerprint density at radius 1 is 0.839 bits per heavy atom. The van der Waals surface area contributed by atoms with Gasteiger partial charge in [-0.1, -0.05) is 71.3 Å². The molecule has 1 rings (SSSR count). The fraction of sp³-hybridized carbons (Fsp3) is 0.600. The number of hydrogen-bond donors (Lipinski definition) is 1. The molecule has 0 heterocycles. The zero-order valence-electron chi connectivity index (χ0n) is 19.3. The van der Waals surface area contributed by atoms with Gasteiger partial charge in [-0.15, -0.1) is 0 Å². The maximum Gasteiger partial charge on any atom is 0.345 e. The van der Waals surface area contributed by atoms with Gasteiger partial charge < -0.3 is 19.3 Å². The molecule has 0 aromatic heterocycles. The largest absolute Gasteiger partial charge is 0.504 e. The predicted molar refractivity (Wildman–Crippen MR) is 122 cm³/mol. The first kappa shape index (κ1) is 26.5. The van der Waals surface area contributed by atoms with Gasteiger partial charge in [0.25, 0.3) is 0 Å². The van der Waals surface area contributed by atoms with E-state index in [0.29, 0.717) is 5.56 Å². The van der Waals surface area contributed by atoms with Crippen LogP contribution >= 0.6 is 0 Å². The summed E-state index contributed by atoms with van der Waals surface area (Å²) in [4.78, 5) is 25.2. The molecule has 0 radical (unpaired) electrons. The molecule has 6 nitrogen and oxygen atoms in total. The molecule has 1 N–H and O–H groups in total. The van der Waals surface area contributed by atoms with Crippen LogP contribution in [0.15, 0.2) is 23.8 Å². The Hall–Kier alpha value is -2.50. The third kappa shape index (κ3) is 10.9. The molecular formula is C25H38O6. The normalized spacial score (nSPS) is 10.4. The summed E-state index contributed by atoms with van der Waals surface area (Å²) in [7, 11) is 1.43. The Balaban J connectivity index is 2.78. The van der Waals surface area contributed by atoms with E-state index in [4.69, 9.17) is 14.2 Å². The molecule has 0 unspecified atom stereocenters. The summed E-state index contributed by atoms with van der Waals surface area (Å²) in [6.45, 7) is 4.82. The molecule has 1 aromatic carbocycles. The van der Waals surface area contributed by atoms with Gasteiger partial charge in [0.05, 0.1) is 20.3 Å². The van der Waals surface area contributed by atoms with Crippen LogP contribution in [0, 0.1) is 0 Å². The first-order valence-corrected chi connectivity index (χ1v) is 11.5. The van der Waals surface area contributed by atoms with Crippen LogP contribution in [0.1, 0.15) is 83.6 Å². The number of phenols is 1. The number of hydrogen-bond acceptors (Lipinski definition) is 6. The van der Waals surface area contributed by atoms with Crippen LogP contribution in [0.5, 0.6) is 11.5 Å². The summed E-state index contributed by atoms with van der Waals surface area (Å²) >= 11 is 0. The summed E-state index contributed by atoms with van der Waals surface area (Å²) in [6, 6.07) is 4.58. The lowest BCUT2D eigenvalue weighted by Crippen LogP contribution is -2.19. The number of esters is 2. The highest BCUT2D eigenvalue weighted by molar-refractivity contribution is 6.17. The average molecular weight is 435 g/mol. The number of methoxy groups -OCH3 is 1. The highest BCUT2D eigenvalue weighted by Gasteiger charge is 2.22. The van der Waals surface area contributed by atoms with Gasteiger partial charge in [0.15, 0.2) is 11.5 Å². The van der Waals surface area contributed by atoms with Crippen LogP contribution in [0.25, 0.3) is 6.08 Å². The summed E-state index contributed by atoms with van der Waals surface area (Å²) in [6.07, 6.45) is 11.7. The molecular weight excluding hydrogens is 396 g/mol. The van der Waals surface area contributed by atoms with E-state index < -0.39 is 11.9 Å². The molecule has 1 aromatic rings. The maximum atomic E-state index is 12.6. The summed E-state index contributed by atoms with van der Waals surface area (Å²) in [5.41, 5.74) is 0.374. The number of rotatable bonds is 16. The molecule has 0 amide bonds. The van der Waals surface area contributed by atoms with Crippen molar-refractivity contribution in [3.8, 4) is 11.5 Å². The van der Waals surface area contributed by atoms with Gasteiger partial charge in [-0.3, -0.25) is 0 Å². The Labute approximate surface area is 186 Å². The van der Waals surface area contributed by atoms with Crippen molar-refractivity contribution in [3.05, 3.63) is 29.3 Å². The van der Waals surface area contributed by atoms with Crippen LogP contribution in [0.4, 0.5) is 0 Å². The second-order valence-corrected chi connectivity index (χ2v) is 7.59. The topological polar surface area (TPSA) is 82.1 Å². The SMILES string of the molecule is CCCCCCCOC(=O)C(=Cc1ccc(O)c(OC)c1)C(=O)OCCCCCCC. The number of unbranched alkanes of at least 4 members (excludes halogenated alkanes) is 8. The summed E-state index contributed by atoms with van der Waals surface area (Å²) in [5, 5.41) is 9.77. The van der Waals surface area contributed by atoms with E-state index in [1.807, 2.05) is 0 Å². The molecule has 0 saturated carbocycles. The van der Waals surface area contributed by atoms with Gasteiger partial charge in [0.1, 0.15) is 5.57 Å². The number of aromatic hydroxyl groups is 1. The van der Waals surface area contributed by atoms with E-state index >= 15 is 0 Å². The van der Waals surface area contributed by atoms with Gasteiger partial charge in [0, 0.05) is 0 Å². The van der Waals surface area contributed by atoms with E-state index in [2.05, 4.69) is 13.8 Å². The van der Waals surface area contributed by atoms with Gasteiger partial charge in [0.2, 0.25) is 0 Å². The number of phenolic OH excluding ortho intramolecular Hbond substituents is 1. The quantitative estimate of drug-likeness (QED) is 0.116. The Kier molecular flexibility index (Phi) is 13.9. The van der Waals surface area contributed by atoms with Crippen LogP contribution < -0.4 is 4.74 Å². The smallest absolute Gasteiger partial charge is 0.345 e. The van der Waals surface area contributed by atoms with Crippen molar-refractivity contribution in [2.45, 2.75) is 78.1 Å². The highest BCUT2D eigenvalue weighted by Crippen LogP contribution is 2.27. The number of carbonyl (C=O) groups is 2. The van der Waals surface area contributed by atoms with Crippen molar-refractivity contribution in [2.24, 2.45) is 0 Å². The summed E-state index contributed by atoms with van der Waals surface area (Å²) < 4.78 is 15.8. The van der Waals surface area contributed by atoms with Crippen molar-refractivity contribution in [2.75, 3.05) is 20.3 Å². The Bertz CT molecular complexity index is 665. The number of benzene rings is 1. The molecule has 0 spiro atoms. The van der Waals surface area contributed by atoms with E-state index in [1.54, 1.807) is 12.1 Å². The lowest BCUT2D eigenvalue weighted by Gasteiger charge is -2.10. The third-order valence-electron chi connectivity index (χ3n) is 4.92. The minimum absolute atomic E-state index is 0.0227. The first-order chi connectivity index (χ1) is 15.0. The molecule has 31 heavy (non-hydrogen) atoms. The standard InChI is InChI=1S/C25H38O6/c1-4-6-8-10-12-16-30-24(27)21(25(28)31-17-13-11-9-7-5-2)18-20-14-15-22(26)23(19-20)29-3/h14-15,18-19,26H,4-13,16-17H2,1-3H3. The molecule has 6 heteroatoms. The van der Waals surface area contributed by atoms with Crippen LogP contribution in [0.2, 0.25) is 0 Å². The minimum Gasteiger partial charge on any atom is -0.504 e. The van der Waals surface area contributed by atoms with E-state index in [0.717, 1.165) is 64.2 Å². The van der Waals surface area contributed by atoms with Gasteiger partial charge in [-0.05, 0) is 36.6 Å². The molecule has 0 atom stereocenters. The third-order valence-corrected chi connectivity index (χ3v) is 4.92.